The Labute approximate surface area is 122 Å². The Morgan fingerprint density at radius 2 is 2.30 bits per heavy atom. The second-order valence-electron chi connectivity index (χ2n) is 6.45. The molecule has 3 atom stereocenters. The monoisotopic (exact) mass is 283 g/mol. The van der Waals surface area contributed by atoms with Gasteiger partial charge in [0.05, 0.1) is 6.04 Å². The predicted octanol–water partition coefficient (Wildman–Crippen LogP) is 0.195. The van der Waals surface area contributed by atoms with E-state index in [4.69, 9.17) is 5.11 Å². The molecule has 0 aliphatic carbocycles. The average molecular weight is 283 g/mol. The summed E-state index contributed by atoms with van der Waals surface area (Å²) < 4.78 is 0. The summed E-state index contributed by atoms with van der Waals surface area (Å²) in [6, 6.07) is 0.0316. The van der Waals surface area contributed by atoms with Crippen LogP contribution in [0.1, 0.15) is 32.6 Å². The number of nitrogens with zero attached hydrogens (tertiary/aromatic N) is 1. The van der Waals surface area contributed by atoms with Crippen molar-refractivity contribution in [3.8, 4) is 0 Å². The van der Waals surface area contributed by atoms with Crippen molar-refractivity contribution in [3.05, 3.63) is 0 Å². The number of nitrogens with one attached hydrogen (secondary N) is 2. The lowest BCUT2D eigenvalue weighted by molar-refractivity contribution is -0.123. The maximum Gasteiger partial charge on any atom is 0.237 e. The Morgan fingerprint density at radius 3 is 3.00 bits per heavy atom. The van der Waals surface area contributed by atoms with Gasteiger partial charge in [-0.3, -0.25) is 4.79 Å². The molecule has 0 bridgehead atoms. The van der Waals surface area contributed by atoms with Crippen LogP contribution in [0.4, 0.5) is 0 Å². The Kier molecular flexibility index (Phi) is 6.26. The number of amides is 1. The van der Waals surface area contributed by atoms with Crippen LogP contribution in [-0.4, -0.2) is 61.3 Å². The van der Waals surface area contributed by atoms with E-state index in [1.807, 2.05) is 0 Å². The number of aliphatic hydroxyl groups excluding tert-OH is 1. The van der Waals surface area contributed by atoms with E-state index in [9.17, 15) is 4.79 Å². The summed E-state index contributed by atoms with van der Waals surface area (Å²) in [6.45, 7) is 7.23. The maximum absolute atomic E-state index is 12.0. The van der Waals surface area contributed by atoms with Crippen molar-refractivity contribution in [2.24, 2.45) is 11.8 Å². The SMILES string of the molecule is CC(CO)CN1CCCC(CNC(=O)C2CCCN2)C1. The highest BCUT2D eigenvalue weighted by atomic mass is 16.3. The summed E-state index contributed by atoms with van der Waals surface area (Å²) >= 11 is 0. The molecule has 2 heterocycles. The van der Waals surface area contributed by atoms with E-state index in [0.717, 1.165) is 45.6 Å². The molecule has 2 saturated heterocycles. The van der Waals surface area contributed by atoms with Gasteiger partial charge < -0.3 is 20.6 Å². The van der Waals surface area contributed by atoms with Crippen molar-refractivity contribution in [1.82, 2.24) is 15.5 Å². The molecule has 3 unspecified atom stereocenters. The van der Waals surface area contributed by atoms with Gasteiger partial charge in [0.15, 0.2) is 0 Å². The van der Waals surface area contributed by atoms with Crippen molar-refractivity contribution < 1.29 is 9.90 Å². The number of aliphatic hydroxyl groups is 1. The van der Waals surface area contributed by atoms with Gasteiger partial charge in [0, 0.05) is 26.2 Å². The molecular weight excluding hydrogens is 254 g/mol. The van der Waals surface area contributed by atoms with E-state index in [2.05, 4.69) is 22.5 Å². The second kappa shape index (κ2) is 7.96. The molecule has 0 aromatic carbocycles. The quantitative estimate of drug-likeness (QED) is 0.651. The van der Waals surface area contributed by atoms with Gasteiger partial charge in [-0.1, -0.05) is 6.92 Å². The van der Waals surface area contributed by atoms with Crippen LogP contribution in [0.2, 0.25) is 0 Å². The fraction of sp³-hybridized carbons (Fsp3) is 0.933. The van der Waals surface area contributed by atoms with Gasteiger partial charge in [-0.25, -0.2) is 0 Å². The first kappa shape index (κ1) is 15.7. The van der Waals surface area contributed by atoms with E-state index in [0.29, 0.717) is 11.8 Å². The maximum atomic E-state index is 12.0. The molecule has 5 nitrogen and oxygen atoms in total. The van der Waals surface area contributed by atoms with Crippen molar-refractivity contribution in [2.45, 2.75) is 38.6 Å². The minimum atomic E-state index is 0.0316. The molecule has 0 aromatic heterocycles. The van der Waals surface area contributed by atoms with Crippen LogP contribution in [-0.2, 0) is 4.79 Å². The summed E-state index contributed by atoms with van der Waals surface area (Å²) in [5, 5.41) is 15.5. The molecule has 2 rings (SSSR count). The lowest BCUT2D eigenvalue weighted by Gasteiger charge is -2.34. The second-order valence-corrected chi connectivity index (χ2v) is 6.45. The van der Waals surface area contributed by atoms with Crippen LogP contribution in [0.25, 0.3) is 0 Å². The van der Waals surface area contributed by atoms with Gasteiger partial charge >= 0.3 is 0 Å². The topological polar surface area (TPSA) is 64.6 Å². The zero-order chi connectivity index (χ0) is 14.4. The molecule has 3 N–H and O–H groups in total. The van der Waals surface area contributed by atoms with E-state index < -0.39 is 0 Å². The molecule has 0 saturated carbocycles. The van der Waals surface area contributed by atoms with Gasteiger partial charge in [0.2, 0.25) is 5.91 Å². The highest BCUT2D eigenvalue weighted by Gasteiger charge is 2.24. The Hall–Kier alpha value is -0.650. The van der Waals surface area contributed by atoms with Gasteiger partial charge in [-0.2, -0.15) is 0 Å². The van der Waals surface area contributed by atoms with Gasteiger partial charge in [-0.15, -0.1) is 0 Å². The lowest BCUT2D eigenvalue weighted by atomic mass is 9.97. The fourth-order valence-electron chi connectivity index (χ4n) is 3.26. The normalized spacial score (nSPS) is 29.3. The van der Waals surface area contributed by atoms with Crippen LogP contribution < -0.4 is 10.6 Å². The average Bonchev–Trinajstić information content (AvgIpc) is 2.99. The number of hydrogen-bond acceptors (Lipinski definition) is 4. The lowest BCUT2D eigenvalue weighted by Crippen LogP contribution is -2.46. The minimum absolute atomic E-state index is 0.0316. The molecule has 2 fully saturated rings. The number of piperidine rings is 1. The first-order valence-electron chi connectivity index (χ1n) is 8.03. The number of carbonyl (C=O) groups is 1. The Morgan fingerprint density at radius 1 is 1.45 bits per heavy atom. The molecule has 2 aliphatic rings. The third kappa shape index (κ3) is 4.72. The molecule has 0 aromatic rings. The van der Waals surface area contributed by atoms with E-state index in [1.54, 1.807) is 0 Å². The zero-order valence-corrected chi connectivity index (χ0v) is 12.6. The molecule has 116 valence electrons. The highest BCUT2D eigenvalue weighted by Crippen LogP contribution is 2.17. The largest absolute Gasteiger partial charge is 0.396 e. The van der Waals surface area contributed by atoms with Crippen molar-refractivity contribution in [2.75, 3.05) is 39.3 Å². The molecule has 0 spiro atoms. The van der Waals surface area contributed by atoms with Crippen LogP contribution in [0.5, 0.6) is 0 Å². The number of rotatable bonds is 6. The summed E-state index contributed by atoms with van der Waals surface area (Å²) in [7, 11) is 0. The highest BCUT2D eigenvalue weighted by molar-refractivity contribution is 5.81. The molecular formula is C15H29N3O2. The van der Waals surface area contributed by atoms with Crippen molar-refractivity contribution in [3.63, 3.8) is 0 Å². The smallest absolute Gasteiger partial charge is 0.237 e. The van der Waals surface area contributed by atoms with E-state index >= 15 is 0 Å². The standard InChI is InChI=1S/C15H29N3O2/c1-12(11-19)9-18-7-3-4-13(10-18)8-17-15(20)14-5-2-6-16-14/h12-14,16,19H,2-11H2,1H3,(H,17,20). The van der Waals surface area contributed by atoms with Crippen LogP contribution >= 0.6 is 0 Å². The van der Waals surface area contributed by atoms with E-state index in [1.165, 1.54) is 12.8 Å². The van der Waals surface area contributed by atoms with Crippen molar-refractivity contribution >= 4 is 5.91 Å². The summed E-state index contributed by atoms with van der Waals surface area (Å²) in [4.78, 5) is 14.4. The first-order chi connectivity index (χ1) is 9.69. The minimum Gasteiger partial charge on any atom is -0.396 e. The fourth-order valence-corrected chi connectivity index (χ4v) is 3.26. The Balaban J connectivity index is 1.68. The number of likely N-dealkylation sites (tertiary alicyclic amines) is 1. The molecule has 0 radical (unpaired) electrons. The number of hydrogen-bond donors (Lipinski definition) is 3. The summed E-state index contributed by atoms with van der Waals surface area (Å²) in [5.74, 6) is 1.06. The predicted molar refractivity (Wildman–Crippen MR) is 79.4 cm³/mol. The van der Waals surface area contributed by atoms with Crippen LogP contribution in [0, 0.1) is 11.8 Å². The molecule has 2 aliphatic heterocycles. The van der Waals surface area contributed by atoms with Gasteiger partial charge in [0.25, 0.3) is 0 Å². The van der Waals surface area contributed by atoms with Crippen molar-refractivity contribution in [1.29, 1.82) is 0 Å². The number of carbonyl (C=O) groups excluding carboxylic acids is 1. The van der Waals surface area contributed by atoms with Crippen LogP contribution in [0.15, 0.2) is 0 Å². The Bertz CT molecular complexity index is 305. The van der Waals surface area contributed by atoms with Gasteiger partial charge in [0.1, 0.15) is 0 Å². The molecule has 20 heavy (non-hydrogen) atoms. The summed E-state index contributed by atoms with van der Waals surface area (Å²) in [5.41, 5.74) is 0. The van der Waals surface area contributed by atoms with E-state index in [-0.39, 0.29) is 18.6 Å². The zero-order valence-electron chi connectivity index (χ0n) is 12.6. The third-order valence-electron chi connectivity index (χ3n) is 4.43. The summed E-state index contributed by atoms with van der Waals surface area (Å²) in [6.07, 6.45) is 4.47. The molecule has 1 amide bonds. The molecule has 5 heteroatoms. The first-order valence-corrected chi connectivity index (χ1v) is 8.03. The van der Waals surface area contributed by atoms with Crippen LogP contribution in [0.3, 0.4) is 0 Å². The van der Waals surface area contributed by atoms with Gasteiger partial charge in [-0.05, 0) is 50.6 Å². The third-order valence-corrected chi connectivity index (χ3v) is 4.43.